The van der Waals surface area contributed by atoms with Crippen molar-refractivity contribution in [2.24, 2.45) is 17.6 Å². The van der Waals surface area contributed by atoms with Crippen molar-refractivity contribution in [3.63, 3.8) is 0 Å². The van der Waals surface area contributed by atoms with Crippen molar-refractivity contribution >= 4 is 17.8 Å². The van der Waals surface area contributed by atoms with Crippen LogP contribution in [0.5, 0.6) is 0 Å². The van der Waals surface area contributed by atoms with E-state index in [2.05, 4.69) is 0 Å². The number of Topliss-reactive ketones (excluding diaryl/α,β-unsaturated/α-hetero) is 1. The fourth-order valence-electron chi connectivity index (χ4n) is 3.76. The molecule has 6 nitrogen and oxygen atoms in total. The number of ketones is 1. The van der Waals surface area contributed by atoms with Crippen molar-refractivity contribution in [2.75, 3.05) is 13.1 Å². The van der Waals surface area contributed by atoms with Crippen LogP contribution in [0.2, 0.25) is 0 Å². The molecule has 2 aliphatic rings. The molecule has 140 valence electrons. The van der Waals surface area contributed by atoms with Gasteiger partial charge in [0.25, 0.3) is 5.91 Å². The third-order valence-corrected chi connectivity index (χ3v) is 4.93. The molecule has 1 aliphatic carbocycles. The zero-order valence-corrected chi connectivity index (χ0v) is 15.2. The van der Waals surface area contributed by atoms with E-state index in [0.29, 0.717) is 37.1 Å². The number of fused-ring (bicyclic) bond motifs is 2. The lowest BCUT2D eigenvalue weighted by Crippen LogP contribution is -2.49. The number of nitrogens with two attached hydrogens (primary N) is 1. The number of primary amides is 1. The number of amides is 2. The molecule has 0 spiro atoms. The van der Waals surface area contributed by atoms with E-state index in [-0.39, 0.29) is 23.2 Å². The molecule has 2 N–H and O–H groups in total. The first-order valence-corrected chi connectivity index (χ1v) is 8.71. The minimum Gasteiger partial charge on any atom is -0.444 e. The van der Waals surface area contributed by atoms with Gasteiger partial charge in [0.05, 0.1) is 5.56 Å². The van der Waals surface area contributed by atoms with Crippen molar-refractivity contribution in [1.29, 1.82) is 0 Å². The highest BCUT2D eigenvalue weighted by atomic mass is 19.1. The smallest absolute Gasteiger partial charge is 0.410 e. The molecule has 7 heteroatoms. The highest BCUT2D eigenvalue weighted by Crippen LogP contribution is 2.37. The predicted octanol–water partition coefficient (Wildman–Crippen LogP) is 2.54. The van der Waals surface area contributed by atoms with E-state index in [1.54, 1.807) is 25.7 Å². The summed E-state index contributed by atoms with van der Waals surface area (Å²) in [6.45, 7) is 6.23. The van der Waals surface area contributed by atoms with Crippen LogP contribution in [0, 0.1) is 17.7 Å². The van der Waals surface area contributed by atoms with E-state index in [0.717, 1.165) is 0 Å². The monoisotopic (exact) mass is 362 g/mol. The number of hydrogen-bond donors (Lipinski definition) is 1. The maximum Gasteiger partial charge on any atom is 0.410 e. The van der Waals surface area contributed by atoms with Crippen LogP contribution in [0.1, 0.15) is 53.5 Å². The van der Waals surface area contributed by atoms with Crippen molar-refractivity contribution in [2.45, 2.75) is 39.2 Å². The van der Waals surface area contributed by atoms with Crippen molar-refractivity contribution in [1.82, 2.24) is 4.90 Å². The minimum absolute atomic E-state index is 0.0879. The van der Waals surface area contributed by atoms with Gasteiger partial charge in [-0.15, -0.1) is 0 Å². The quantitative estimate of drug-likeness (QED) is 0.831. The molecule has 0 saturated carbocycles. The second-order valence-corrected chi connectivity index (χ2v) is 8.00. The van der Waals surface area contributed by atoms with Gasteiger partial charge in [0.1, 0.15) is 11.4 Å². The molecule has 0 radical (unpaired) electrons. The number of rotatable bonds is 1. The molecule has 2 atom stereocenters. The molecular formula is C19H23FN2O4. The van der Waals surface area contributed by atoms with Crippen molar-refractivity contribution in [3.8, 4) is 0 Å². The molecular weight excluding hydrogens is 339 g/mol. The Morgan fingerprint density at radius 2 is 2.00 bits per heavy atom. The summed E-state index contributed by atoms with van der Waals surface area (Å²) in [6.07, 6.45) is 0.594. The Bertz CT molecular complexity index is 784. The van der Waals surface area contributed by atoms with Gasteiger partial charge in [-0.2, -0.15) is 0 Å². The molecule has 1 aliphatic heterocycles. The molecule has 1 saturated heterocycles. The lowest BCUT2D eigenvalue weighted by atomic mass is 9.71. The van der Waals surface area contributed by atoms with Gasteiger partial charge in [-0.25, -0.2) is 9.18 Å². The summed E-state index contributed by atoms with van der Waals surface area (Å²) in [6, 6.07) is 2.49. The molecule has 1 aromatic carbocycles. The maximum absolute atomic E-state index is 14.1. The molecule has 1 fully saturated rings. The van der Waals surface area contributed by atoms with Crippen LogP contribution in [0.15, 0.2) is 12.1 Å². The molecule has 2 amide bonds. The van der Waals surface area contributed by atoms with Gasteiger partial charge >= 0.3 is 6.09 Å². The Kier molecular flexibility index (Phi) is 4.50. The Morgan fingerprint density at radius 3 is 2.62 bits per heavy atom. The van der Waals surface area contributed by atoms with E-state index in [1.807, 2.05) is 0 Å². The third-order valence-electron chi connectivity index (χ3n) is 4.93. The lowest BCUT2D eigenvalue weighted by molar-refractivity contribution is 0.00966. The van der Waals surface area contributed by atoms with E-state index < -0.39 is 23.4 Å². The van der Waals surface area contributed by atoms with Gasteiger partial charge in [0, 0.05) is 24.6 Å². The molecule has 2 unspecified atom stereocenters. The standard InChI is InChI=1S/C19H23FN2O4/c1-19(2,3)26-18(25)22-5-4-12-11(9-22)6-10-7-15(20)14(17(21)24)8-13(10)16(12)23/h7-8,11-12H,4-6,9H2,1-3H3,(H2,21,24). The molecule has 1 heterocycles. The van der Waals surface area contributed by atoms with E-state index in [1.165, 1.54) is 12.1 Å². The highest BCUT2D eigenvalue weighted by Gasteiger charge is 2.41. The Labute approximate surface area is 151 Å². The van der Waals surface area contributed by atoms with Gasteiger partial charge in [0.15, 0.2) is 5.78 Å². The van der Waals surface area contributed by atoms with Gasteiger partial charge in [0.2, 0.25) is 0 Å². The Balaban J connectivity index is 1.83. The Morgan fingerprint density at radius 1 is 1.31 bits per heavy atom. The topological polar surface area (TPSA) is 89.7 Å². The second kappa shape index (κ2) is 6.37. The summed E-state index contributed by atoms with van der Waals surface area (Å²) in [7, 11) is 0. The maximum atomic E-state index is 14.1. The van der Waals surface area contributed by atoms with E-state index in [4.69, 9.17) is 10.5 Å². The van der Waals surface area contributed by atoms with Crippen molar-refractivity contribution in [3.05, 3.63) is 34.6 Å². The number of carbonyl (C=O) groups is 3. The van der Waals surface area contributed by atoms with Crippen LogP contribution in [0.3, 0.4) is 0 Å². The average Bonchev–Trinajstić information content (AvgIpc) is 2.52. The van der Waals surface area contributed by atoms with Crippen LogP contribution in [-0.4, -0.2) is 41.4 Å². The number of piperidine rings is 1. The molecule has 0 bridgehead atoms. The number of likely N-dealkylation sites (tertiary alicyclic amines) is 1. The SMILES string of the molecule is CC(C)(C)OC(=O)N1CCC2C(=O)c3cc(C(N)=O)c(F)cc3CC2C1. The fourth-order valence-corrected chi connectivity index (χ4v) is 3.76. The zero-order chi connectivity index (χ0) is 19.2. The molecule has 1 aromatic rings. The largest absolute Gasteiger partial charge is 0.444 e. The first-order chi connectivity index (χ1) is 12.1. The van der Waals surface area contributed by atoms with Gasteiger partial charge in [-0.3, -0.25) is 9.59 Å². The van der Waals surface area contributed by atoms with Crippen LogP contribution < -0.4 is 5.73 Å². The van der Waals surface area contributed by atoms with Crippen LogP contribution in [0.4, 0.5) is 9.18 Å². The second-order valence-electron chi connectivity index (χ2n) is 8.00. The van der Waals surface area contributed by atoms with Gasteiger partial charge in [-0.1, -0.05) is 0 Å². The van der Waals surface area contributed by atoms with Crippen LogP contribution in [-0.2, 0) is 11.2 Å². The predicted molar refractivity (Wildman–Crippen MR) is 92.4 cm³/mol. The first kappa shape index (κ1) is 18.4. The van der Waals surface area contributed by atoms with Gasteiger partial charge < -0.3 is 15.4 Å². The number of halogens is 1. The molecule has 3 rings (SSSR count). The molecule has 26 heavy (non-hydrogen) atoms. The summed E-state index contributed by atoms with van der Waals surface area (Å²) in [4.78, 5) is 38.1. The summed E-state index contributed by atoms with van der Waals surface area (Å²) < 4.78 is 19.5. The zero-order valence-electron chi connectivity index (χ0n) is 15.2. The number of hydrogen-bond acceptors (Lipinski definition) is 4. The first-order valence-electron chi connectivity index (χ1n) is 8.71. The minimum atomic E-state index is -0.889. The normalized spacial score (nSPS) is 22.5. The summed E-state index contributed by atoms with van der Waals surface area (Å²) in [5.74, 6) is -2.05. The van der Waals surface area contributed by atoms with E-state index in [9.17, 15) is 18.8 Å². The van der Waals surface area contributed by atoms with Gasteiger partial charge in [-0.05, 0) is 57.2 Å². The van der Waals surface area contributed by atoms with Crippen molar-refractivity contribution < 1.29 is 23.5 Å². The molecule has 0 aromatic heterocycles. The number of carbonyl (C=O) groups excluding carboxylic acids is 3. The van der Waals surface area contributed by atoms with E-state index >= 15 is 0 Å². The fraction of sp³-hybridized carbons (Fsp3) is 0.526. The highest BCUT2D eigenvalue weighted by molar-refractivity contribution is 6.03. The summed E-state index contributed by atoms with van der Waals surface area (Å²) >= 11 is 0. The average molecular weight is 362 g/mol. The summed E-state index contributed by atoms with van der Waals surface area (Å²) in [5, 5.41) is 0. The number of nitrogens with zero attached hydrogens (tertiary/aromatic N) is 1. The van der Waals surface area contributed by atoms with Crippen LogP contribution in [0.25, 0.3) is 0 Å². The number of benzene rings is 1. The summed E-state index contributed by atoms with van der Waals surface area (Å²) in [5.41, 5.74) is 5.26. The third kappa shape index (κ3) is 3.43. The Hall–Kier alpha value is -2.44. The number of ether oxygens (including phenoxy) is 1. The lowest BCUT2D eigenvalue weighted by Gasteiger charge is -2.41. The van der Waals surface area contributed by atoms with Crippen LogP contribution >= 0.6 is 0 Å².